The molecule has 0 aliphatic rings. The zero-order chi connectivity index (χ0) is 14.7. The van der Waals surface area contributed by atoms with Gasteiger partial charge in [-0.05, 0) is 26.0 Å². The highest BCUT2D eigenvalue weighted by molar-refractivity contribution is 7.98. The Labute approximate surface area is 125 Å². The topological polar surface area (TPSA) is 49.6 Å². The number of thioether (sulfide) groups is 1. The average molecular weight is 308 g/mol. The van der Waals surface area contributed by atoms with E-state index in [9.17, 15) is 4.39 Å². The first-order valence-corrected chi connectivity index (χ1v) is 7.20. The van der Waals surface area contributed by atoms with Crippen LogP contribution in [0.4, 0.5) is 4.39 Å². The summed E-state index contributed by atoms with van der Waals surface area (Å²) < 4.78 is 13.7. The third kappa shape index (κ3) is 3.09. The van der Waals surface area contributed by atoms with Crippen LogP contribution < -0.4 is 0 Å². The van der Waals surface area contributed by atoms with Crippen molar-refractivity contribution in [2.45, 2.75) is 24.6 Å². The minimum Gasteiger partial charge on any atom is -0.237 e. The van der Waals surface area contributed by atoms with Crippen LogP contribution in [0.15, 0.2) is 23.2 Å². The molecule has 0 amide bonds. The van der Waals surface area contributed by atoms with E-state index >= 15 is 0 Å². The predicted octanol–water partition coefficient (Wildman–Crippen LogP) is 4.05. The van der Waals surface area contributed by atoms with Crippen LogP contribution in [0, 0.1) is 31.0 Å². The minimum atomic E-state index is -0.356. The van der Waals surface area contributed by atoms with Gasteiger partial charge in [-0.3, -0.25) is 0 Å². The van der Waals surface area contributed by atoms with Gasteiger partial charge in [-0.1, -0.05) is 17.7 Å². The van der Waals surface area contributed by atoms with Gasteiger partial charge < -0.3 is 0 Å². The van der Waals surface area contributed by atoms with Gasteiger partial charge in [0.05, 0.1) is 5.69 Å². The van der Waals surface area contributed by atoms with Crippen LogP contribution in [0.5, 0.6) is 0 Å². The van der Waals surface area contributed by atoms with Crippen molar-refractivity contribution in [3.05, 3.63) is 51.7 Å². The van der Waals surface area contributed by atoms with Gasteiger partial charge in [0, 0.05) is 16.3 Å². The number of aryl methyl sites for hydroxylation is 2. The molecule has 0 atom stereocenters. The maximum Gasteiger partial charge on any atom is 0.128 e. The van der Waals surface area contributed by atoms with Crippen molar-refractivity contribution in [2.75, 3.05) is 0 Å². The average Bonchev–Trinajstić information content (AvgIpc) is 2.37. The Morgan fingerprint density at radius 3 is 2.75 bits per heavy atom. The lowest BCUT2D eigenvalue weighted by Crippen LogP contribution is -1.99. The van der Waals surface area contributed by atoms with Crippen molar-refractivity contribution >= 4 is 23.4 Å². The molecule has 0 fully saturated rings. The monoisotopic (exact) mass is 307 g/mol. The molecule has 1 aromatic carbocycles. The molecule has 0 bridgehead atoms. The Bertz CT molecular complexity index is 677. The van der Waals surface area contributed by atoms with E-state index in [0.29, 0.717) is 38.4 Å². The Morgan fingerprint density at radius 1 is 1.35 bits per heavy atom. The van der Waals surface area contributed by atoms with Crippen LogP contribution in [0.25, 0.3) is 0 Å². The van der Waals surface area contributed by atoms with Crippen molar-refractivity contribution in [1.82, 2.24) is 9.97 Å². The molecule has 0 saturated heterocycles. The van der Waals surface area contributed by atoms with Crippen LogP contribution in [-0.2, 0) is 5.75 Å². The number of nitrogens with zero attached hydrogens (tertiary/aromatic N) is 3. The highest BCUT2D eigenvalue weighted by atomic mass is 35.5. The predicted molar refractivity (Wildman–Crippen MR) is 77.2 cm³/mol. The fourth-order valence-electron chi connectivity index (χ4n) is 1.73. The lowest BCUT2D eigenvalue weighted by atomic mass is 10.2. The van der Waals surface area contributed by atoms with E-state index < -0.39 is 0 Å². The molecule has 0 N–H and O–H groups in total. The molecule has 20 heavy (non-hydrogen) atoms. The van der Waals surface area contributed by atoms with Gasteiger partial charge in [0.1, 0.15) is 28.3 Å². The van der Waals surface area contributed by atoms with Crippen molar-refractivity contribution in [1.29, 1.82) is 5.26 Å². The summed E-state index contributed by atoms with van der Waals surface area (Å²) in [7, 11) is 0. The number of halogens is 2. The summed E-state index contributed by atoms with van der Waals surface area (Å²) in [4.78, 5) is 8.39. The number of hydrogen-bond acceptors (Lipinski definition) is 4. The highest BCUT2D eigenvalue weighted by Crippen LogP contribution is 2.29. The summed E-state index contributed by atoms with van der Waals surface area (Å²) in [5.41, 5.74) is 1.46. The normalized spacial score (nSPS) is 10.3. The number of nitriles is 1. The summed E-state index contributed by atoms with van der Waals surface area (Å²) >= 11 is 7.26. The van der Waals surface area contributed by atoms with E-state index in [1.54, 1.807) is 26.0 Å². The number of rotatable bonds is 3. The summed E-state index contributed by atoms with van der Waals surface area (Å²) in [5, 5.41) is 10.1. The third-order valence-corrected chi connectivity index (χ3v) is 4.05. The van der Waals surface area contributed by atoms with E-state index in [1.165, 1.54) is 17.8 Å². The van der Waals surface area contributed by atoms with Crippen molar-refractivity contribution in [3.63, 3.8) is 0 Å². The molecule has 102 valence electrons. The SMILES string of the molecule is Cc1nc(C)c(C#N)c(SCc2c(F)cccc2Cl)n1. The van der Waals surface area contributed by atoms with E-state index in [0.717, 1.165) is 0 Å². The van der Waals surface area contributed by atoms with Gasteiger partial charge in [0.25, 0.3) is 0 Å². The van der Waals surface area contributed by atoms with E-state index in [1.807, 2.05) is 0 Å². The molecule has 0 spiro atoms. The molecule has 2 aromatic rings. The second-order valence-corrected chi connectivity index (χ2v) is 5.51. The molecular weight excluding hydrogens is 297 g/mol. The van der Waals surface area contributed by atoms with Crippen molar-refractivity contribution in [3.8, 4) is 6.07 Å². The van der Waals surface area contributed by atoms with Crippen LogP contribution >= 0.6 is 23.4 Å². The van der Waals surface area contributed by atoms with Crippen LogP contribution in [-0.4, -0.2) is 9.97 Å². The molecule has 6 heteroatoms. The fourth-order valence-corrected chi connectivity index (χ4v) is 3.14. The standard InChI is InChI=1S/C14H11ClFN3S/c1-8-10(6-17)14(19-9(2)18-8)20-7-11-12(15)4-3-5-13(11)16/h3-5H,7H2,1-2H3. The molecule has 0 aliphatic carbocycles. The maximum atomic E-state index is 13.7. The van der Waals surface area contributed by atoms with Crippen molar-refractivity contribution in [2.24, 2.45) is 0 Å². The summed E-state index contributed by atoms with van der Waals surface area (Å²) in [6.07, 6.45) is 0. The van der Waals surface area contributed by atoms with E-state index in [-0.39, 0.29) is 5.82 Å². The molecule has 0 saturated carbocycles. The first kappa shape index (κ1) is 14.8. The summed E-state index contributed by atoms with van der Waals surface area (Å²) in [5.74, 6) is 0.547. The van der Waals surface area contributed by atoms with Gasteiger partial charge in [-0.15, -0.1) is 11.8 Å². The van der Waals surface area contributed by atoms with Gasteiger partial charge in [0.15, 0.2) is 0 Å². The number of benzene rings is 1. The second-order valence-electron chi connectivity index (χ2n) is 4.14. The molecular formula is C14H11ClFN3S. The molecule has 3 nitrogen and oxygen atoms in total. The molecule has 0 aliphatic heterocycles. The maximum absolute atomic E-state index is 13.7. The number of aromatic nitrogens is 2. The number of hydrogen-bond donors (Lipinski definition) is 0. The lowest BCUT2D eigenvalue weighted by Gasteiger charge is -2.08. The smallest absolute Gasteiger partial charge is 0.128 e. The molecule has 1 heterocycles. The molecule has 0 radical (unpaired) electrons. The largest absolute Gasteiger partial charge is 0.237 e. The Kier molecular flexibility index (Phi) is 4.58. The van der Waals surface area contributed by atoms with Gasteiger partial charge >= 0.3 is 0 Å². The molecule has 1 aromatic heterocycles. The van der Waals surface area contributed by atoms with Gasteiger partial charge in [0.2, 0.25) is 0 Å². The summed E-state index contributed by atoms with van der Waals surface area (Å²) in [6.45, 7) is 3.52. The van der Waals surface area contributed by atoms with E-state index in [2.05, 4.69) is 16.0 Å². The third-order valence-electron chi connectivity index (χ3n) is 2.70. The van der Waals surface area contributed by atoms with E-state index in [4.69, 9.17) is 16.9 Å². The first-order chi connectivity index (χ1) is 9.52. The fraction of sp³-hybridized carbons (Fsp3) is 0.214. The minimum absolute atomic E-state index is 0.316. The van der Waals surface area contributed by atoms with Gasteiger partial charge in [-0.2, -0.15) is 5.26 Å². The molecule has 2 rings (SSSR count). The quantitative estimate of drug-likeness (QED) is 0.634. The Hall–Kier alpha value is -1.64. The Morgan fingerprint density at radius 2 is 2.10 bits per heavy atom. The second kappa shape index (κ2) is 6.21. The zero-order valence-corrected chi connectivity index (χ0v) is 12.5. The lowest BCUT2D eigenvalue weighted by molar-refractivity contribution is 0.617. The van der Waals surface area contributed by atoms with Crippen LogP contribution in [0.2, 0.25) is 5.02 Å². The van der Waals surface area contributed by atoms with Gasteiger partial charge in [-0.25, -0.2) is 14.4 Å². The van der Waals surface area contributed by atoms with Crippen LogP contribution in [0.3, 0.4) is 0 Å². The summed E-state index contributed by atoms with van der Waals surface area (Å²) in [6, 6.07) is 6.65. The van der Waals surface area contributed by atoms with Crippen LogP contribution in [0.1, 0.15) is 22.6 Å². The zero-order valence-electron chi connectivity index (χ0n) is 10.9. The van der Waals surface area contributed by atoms with Crippen molar-refractivity contribution < 1.29 is 4.39 Å². The molecule has 0 unspecified atom stereocenters. The Balaban J connectivity index is 2.30. The highest BCUT2D eigenvalue weighted by Gasteiger charge is 2.13. The first-order valence-electron chi connectivity index (χ1n) is 5.84.